The number of hydrogen-bond acceptors (Lipinski definition) is 4. The normalized spacial score (nSPS) is 17.3. The number of carbonyl (C=O) groups is 1. The molecular formula is C23H30N2O4S. The molecule has 0 radical (unpaired) electrons. The lowest BCUT2D eigenvalue weighted by atomic mass is 9.74. The van der Waals surface area contributed by atoms with Crippen molar-refractivity contribution < 1.29 is 17.9 Å². The minimum atomic E-state index is -3.51. The van der Waals surface area contributed by atoms with Crippen molar-refractivity contribution in [3.05, 3.63) is 60.2 Å². The van der Waals surface area contributed by atoms with Gasteiger partial charge in [-0.3, -0.25) is 5.32 Å². The Labute approximate surface area is 179 Å². The molecule has 1 fully saturated rings. The van der Waals surface area contributed by atoms with E-state index < -0.39 is 21.7 Å². The third-order valence-corrected chi connectivity index (χ3v) is 7.74. The first kappa shape index (κ1) is 22.3. The molecule has 0 bridgehead atoms. The van der Waals surface area contributed by atoms with Crippen LogP contribution in [0.4, 0.5) is 10.5 Å². The fourth-order valence-electron chi connectivity index (χ4n) is 4.06. The first-order valence-corrected chi connectivity index (χ1v) is 11.8. The maximum absolute atomic E-state index is 12.8. The first-order valence-electron chi connectivity index (χ1n) is 10.3. The smallest absolute Gasteiger partial charge is 0.412 e. The second kappa shape index (κ2) is 9.18. The number of anilines is 1. The fraction of sp³-hybridized carbons (Fsp3) is 0.435. The van der Waals surface area contributed by atoms with Gasteiger partial charge in [0.25, 0.3) is 0 Å². The molecular weight excluding hydrogens is 400 g/mol. The summed E-state index contributed by atoms with van der Waals surface area (Å²) < 4.78 is 31.6. The van der Waals surface area contributed by atoms with E-state index in [2.05, 4.69) is 5.32 Å². The SMILES string of the molecule is CN(C)S(=O)(=O)c1ccc(NC(=O)O[C@@](C)(c2ccccc2)C2CCCCC2)cc1. The van der Waals surface area contributed by atoms with Gasteiger partial charge in [0.2, 0.25) is 10.0 Å². The van der Waals surface area contributed by atoms with Crippen molar-refractivity contribution in [2.45, 2.75) is 49.5 Å². The summed E-state index contributed by atoms with van der Waals surface area (Å²) in [7, 11) is -0.551. The summed E-state index contributed by atoms with van der Waals surface area (Å²) in [5, 5.41) is 2.74. The second-order valence-electron chi connectivity index (χ2n) is 8.13. The zero-order valence-corrected chi connectivity index (χ0v) is 18.6. The van der Waals surface area contributed by atoms with Crippen LogP contribution in [0, 0.1) is 5.92 Å². The van der Waals surface area contributed by atoms with Gasteiger partial charge in [-0.15, -0.1) is 0 Å². The second-order valence-corrected chi connectivity index (χ2v) is 10.3. The lowest BCUT2D eigenvalue weighted by Crippen LogP contribution is -2.39. The summed E-state index contributed by atoms with van der Waals surface area (Å²) in [6.07, 6.45) is 5.00. The van der Waals surface area contributed by atoms with E-state index in [1.54, 1.807) is 12.1 Å². The number of benzene rings is 2. The van der Waals surface area contributed by atoms with E-state index >= 15 is 0 Å². The molecule has 0 unspecified atom stereocenters. The molecule has 1 aliphatic carbocycles. The Morgan fingerprint density at radius 1 is 1.00 bits per heavy atom. The lowest BCUT2D eigenvalue weighted by Gasteiger charge is -2.39. The van der Waals surface area contributed by atoms with Crippen LogP contribution in [0.1, 0.15) is 44.6 Å². The molecule has 7 heteroatoms. The molecule has 30 heavy (non-hydrogen) atoms. The van der Waals surface area contributed by atoms with E-state index in [1.807, 2.05) is 37.3 Å². The van der Waals surface area contributed by atoms with Gasteiger partial charge >= 0.3 is 6.09 Å². The van der Waals surface area contributed by atoms with E-state index in [9.17, 15) is 13.2 Å². The fourth-order valence-corrected chi connectivity index (χ4v) is 4.96. The number of rotatable bonds is 6. The third kappa shape index (κ3) is 4.84. The van der Waals surface area contributed by atoms with Gasteiger partial charge in [-0.25, -0.2) is 17.5 Å². The van der Waals surface area contributed by atoms with Crippen molar-refractivity contribution in [2.24, 2.45) is 5.92 Å². The standard InChI is InChI=1S/C23H30N2O4S/c1-23(18-10-6-4-7-11-18,19-12-8-5-9-13-19)29-22(26)24-20-14-16-21(17-15-20)30(27,28)25(2)3/h4,6-7,10-11,14-17,19H,5,8-9,12-13H2,1-3H3,(H,24,26)/t23-/m0/s1. The molecule has 1 saturated carbocycles. The predicted octanol–water partition coefficient (Wildman–Crippen LogP) is 4.98. The Morgan fingerprint density at radius 3 is 2.17 bits per heavy atom. The predicted molar refractivity (Wildman–Crippen MR) is 118 cm³/mol. The summed E-state index contributed by atoms with van der Waals surface area (Å²) in [5.41, 5.74) is 0.746. The quantitative estimate of drug-likeness (QED) is 0.701. The highest BCUT2D eigenvalue weighted by Crippen LogP contribution is 2.42. The van der Waals surface area contributed by atoms with E-state index in [4.69, 9.17) is 4.74 Å². The molecule has 2 aromatic carbocycles. The first-order chi connectivity index (χ1) is 14.2. The van der Waals surface area contributed by atoms with Gasteiger partial charge in [-0.2, -0.15) is 0 Å². The van der Waals surface area contributed by atoms with Crippen LogP contribution in [0.2, 0.25) is 0 Å². The Balaban J connectivity index is 1.76. The van der Waals surface area contributed by atoms with Gasteiger partial charge in [0.05, 0.1) is 4.90 Å². The summed E-state index contributed by atoms with van der Waals surface area (Å²) in [6, 6.07) is 16.0. The molecule has 1 N–H and O–H groups in total. The van der Waals surface area contributed by atoms with Gasteiger partial charge < -0.3 is 4.74 Å². The van der Waals surface area contributed by atoms with Crippen molar-refractivity contribution in [3.63, 3.8) is 0 Å². The Bertz CT molecular complexity index is 952. The number of hydrogen-bond donors (Lipinski definition) is 1. The highest BCUT2D eigenvalue weighted by atomic mass is 32.2. The van der Waals surface area contributed by atoms with Crippen LogP contribution in [0.5, 0.6) is 0 Å². The van der Waals surface area contributed by atoms with Crippen LogP contribution >= 0.6 is 0 Å². The van der Waals surface area contributed by atoms with E-state index in [-0.39, 0.29) is 10.8 Å². The number of nitrogens with zero attached hydrogens (tertiary/aromatic N) is 1. The van der Waals surface area contributed by atoms with Gasteiger partial charge in [-0.1, -0.05) is 49.6 Å². The minimum Gasteiger partial charge on any atom is -0.438 e. The average Bonchev–Trinajstić information content (AvgIpc) is 2.75. The molecule has 0 aromatic heterocycles. The van der Waals surface area contributed by atoms with Gasteiger partial charge in [-0.05, 0) is 49.6 Å². The van der Waals surface area contributed by atoms with E-state index in [0.29, 0.717) is 5.69 Å². The van der Waals surface area contributed by atoms with Crippen LogP contribution in [-0.2, 0) is 20.4 Å². The molecule has 162 valence electrons. The number of nitrogens with one attached hydrogen (secondary N) is 1. The number of ether oxygens (including phenoxy) is 1. The van der Waals surface area contributed by atoms with Crippen LogP contribution in [0.15, 0.2) is 59.5 Å². The van der Waals surface area contributed by atoms with Crippen molar-refractivity contribution in [2.75, 3.05) is 19.4 Å². The number of amides is 1. The molecule has 6 nitrogen and oxygen atoms in total. The summed E-state index contributed by atoms with van der Waals surface area (Å²) in [4.78, 5) is 12.9. The minimum absolute atomic E-state index is 0.169. The van der Waals surface area contributed by atoms with Crippen LogP contribution in [0.25, 0.3) is 0 Å². The molecule has 1 amide bonds. The monoisotopic (exact) mass is 430 g/mol. The van der Waals surface area contributed by atoms with Crippen LogP contribution < -0.4 is 5.32 Å². The maximum atomic E-state index is 12.8. The Kier molecular flexibility index (Phi) is 6.83. The number of carbonyl (C=O) groups excluding carboxylic acids is 1. The highest BCUT2D eigenvalue weighted by molar-refractivity contribution is 7.89. The summed E-state index contributed by atoms with van der Waals surface area (Å²) in [6.45, 7) is 1.99. The largest absolute Gasteiger partial charge is 0.438 e. The topological polar surface area (TPSA) is 75.7 Å². The average molecular weight is 431 g/mol. The number of sulfonamides is 1. The molecule has 1 atom stereocenters. The lowest BCUT2D eigenvalue weighted by molar-refractivity contribution is -0.0313. The molecule has 0 spiro atoms. The van der Waals surface area contributed by atoms with E-state index in [0.717, 1.165) is 35.6 Å². The maximum Gasteiger partial charge on any atom is 0.412 e. The van der Waals surface area contributed by atoms with Crippen LogP contribution in [0.3, 0.4) is 0 Å². The molecule has 0 saturated heterocycles. The van der Waals surface area contributed by atoms with Gasteiger partial charge in [0.1, 0.15) is 5.60 Å². The Morgan fingerprint density at radius 2 is 1.60 bits per heavy atom. The molecule has 0 heterocycles. The van der Waals surface area contributed by atoms with Crippen molar-refractivity contribution >= 4 is 21.8 Å². The highest BCUT2D eigenvalue weighted by Gasteiger charge is 2.40. The summed E-state index contributed by atoms with van der Waals surface area (Å²) in [5.74, 6) is 0.256. The van der Waals surface area contributed by atoms with Gasteiger partial charge in [0, 0.05) is 25.7 Å². The van der Waals surface area contributed by atoms with Crippen molar-refractivity contribution in [1.82, 2.24) is 4.31 Å². The van der Waals surface area contributed by atoms with Gasteiger partial charge in [0.15, 0.2) is 0 Å². The summed E-state index contributed by atoms with van der Waals surface area (Å²) >= 11 is 0. The zero-order valence-electron chi connectivity index (χ0n) is 17.8. The molecule has 0 aliphatic heterocycles. The molecule has 3 rings (SSSR count). The zero-order chi connectivity index (χ0) is 21.8. The molecule has 1 aliphatic rings. The third-order valence-electron chi connectivity index (χ3n) is 5.92. The van der Waals surface area contributed by atoms with E-state index in [1.165, 1.54) is 32.6 Å². The van der Waals surface area contributed by atoms with Crippen LogP contribution in [-0.4, -0.2) is 32.9 Å². The Hall–Kier alpha value is -2.38. The molecule has 2 aromatic rings. The van der Waals surface area contributed by atoms with Crippen molar-refractivity contribution in [3.8, 4) is 0 Å². The van der Waals surface area contributed by atoms with Crippen molar-refractivity contribution in [1.29, 1.82) is 0 Å².